The Balaban J connectivity index is 1.33. The van der Waals surface area contributed by atoms with Crippen LogP contribution >= 0.6 is 0 Å². The number of imidazole rings is 1. The molecular weight excluding hydrogens is 395 g/mol. The number of anilines is 1. The van der Waals surface area contributed by atoms with Crippen molar-refractivity contribution in [1.29, 1.82) is 0 Å². The van der Waals surface area contributed by atoms with Crippen LogP contribution in [0, 0.1) is 0 Å². The number of amides is 1. The number of carbonyl (C=O) groups excluding carboxylic acids is 1. The van der Waals surface area contributed by atoms with Crippen molar-refractivity contribution in [2.45, 2.75) is 12.6 Å². The molecule has 0 atom stereocenters. The van der Waals surface area contributed by atoms with Crippen LogP contribution in [0.2, 0.25) is 0 Å². The summed E-state index contributed by atoms with van der Waals surface area (Å²) in [6, 6.07) is 10.6. The maximum Gasteiger partial charge on any atom is 0.416 e. The Morgan fingerprint density at radius 2 is 1.77 bits per heavy atom. The second-order valence-corrected chi connectivity index (χ2v) is 7.40. The number of nitrogens with one attached hydrogen (secondary N) is 1. The molecule has 1 fully saturated rings. The Morgan fingerprint density at radius 1 is 1.07 bits per heavy atom. The lowest BCUT2D eigenvalue weighted by Gasteiger charge is -2.34. The van der Waals surface area contributed by atoms with Crippen molar-refractivity contribution in [3.63, 3.8) is 0 Å². The molecule has 1 aliphatic heterocycles. The molecule has 2 heterocycles. The minimum atomic E-state index is -4.30. The van der Waals surface area contributed by atoms with E-state index in [4.69, 9.17) is 5.73 Å². The minimum absolute atomic E-state index is 0.418. The molecule has 3 N–H and O–H groups in total. The zero-order valence-corrected chi connectivity index (χ0v) is 16.2. The number of piperazine rings is 1. The summed E-state index contributed by atoms with van der Waals surface area (Å²) in [7, 11) is 0. The van der Waals surface area contributed by atoms with Gasteiger partial charge in [-0.2, -0.15) is 13.2 Å². The number of rotatable bonds is 5. The van der Waals surface area contributed by atoms with Crippen LogP contribution in [0.5, 0.6) is 0 Å². The number of primary amides is 1. The average molecular weight is 417 g/mol. The maximum atomic E-state index is 12.7. The van der Waals surface area contributed by atoms with Crippen molar-refractivity contribution in [3.05, 3.63) is 59.2 Å². The molecule has 1 amide bonds. The Morgan fingerprint density at radius 3 is 2.40 bits per heavy atom. The van der Waals surface area contributed by atoms with Crippen LogP contribution in [-0.4, -0.2) is 53.5 Å². The summed E-state index contributed by atoms with van der Waals surface area (Å²) in [4.78, 5) is 23.8. The highest BCUT2D eigenvalue weighted by Gasteiger charge is 2.30. The van der Waals surface area contributed by atoms with Crippen LogP contribution in [-0.2, 0) is 12.6 Å². The molecule has 0 spiro atoms. The lowest BCUT2D eigenvalue weighted by Crippen LogP contribution is -2.47. The first-order valence-corrected chi connectivity index (χ1v) is 9.73. The van der Waals surface area contributed by atoms with Gasteiger partial charge >= 0.3 is 6.18 Å². The second-order valence-electron chi connectivity index (χ2n) is 7.40. The minimum Gasteiger partial charge on any atom is -0.366 e. The normalized spacial score (nSPS) is 15.6. The quantitative estimate of drug-likeness (QED) is 0.669. The molecule has 0 bridgehead atoms. The monoisotopic (exact) mass is 417 g/mol. The number of hydrogen-bond donors (Lipinski definition) is 2. The van der Waals surface area contributed by atoms with Crippen molar-refractivity contribution in [2.75, 3.05) is 37.6 Å². The van der Waals surface area contributed by atoms with Crippen molar-refractivity contribution < 1.29 is 18.0 Å². The van der Waals surface area contributed by atoms with Gasteiger partial charge in [0.15, 0.2) is 0 Å². The van der Waals surface area contributed by atoms with E-state index in [0.717, 1.165) is 50.4 Å². The molecule has 0 radical (unpaired) electrons. The molecule has 0 unspecified atom stereocenters. The van der Waals surface area contributed by atoms with Crippen LogP contribution in [0.4, 0.5) is 19.1 Å². The van der Waals surface area contributed by atoms with Gasteiger partial charge in [0.25, 0.3) is 5.91 Å². The number of nitrogens with zero attached hydrogens (tertiary/aromatic N) is 3. The van der Waals surface area contributed by atoms with Gasteiger partial charge in [0, 0.05) is 32.7 Å². The van der Waals surface area contributed by atoms with E-state index < -0.39 is 17.6 Å². The van der Waals surface area contributed by atoms with E-state index in [1.54, 1.807) is 24.3 Å². The average Bonchev–Trinajstić information content (AvgIpc) is 3.16. The molecule has 30 heavy (non-hydrogen) atoms. The first-order valence-electron chi connectivity index (χ1n) is 9.73. The van der Waals surface area contributed by atoms with Crippen LogP contribution in [0.25, 0.3) is 11.0 Å². The third-order valence-corrected chi connectivity index (χ3v) is 5.44. The number of H-pyrrole nitrogens is 1. The fourth-order valence-electron chi connectivity index (χ4n) is 3.70. The number of hydrogen-bond acceptors (Lipinski definition) is 4. The summed E-state index contributed by atoms with van der Waals surface area (Å²) in [6.07, 6.45) is -3.60. The highest BCUT2D eigenvalue weighted by atomic mass is 19.4. The maximum absolute atomic E-state index is 12.7. The Kier molecular flexibility index (Phi) is 5.38. The molecule has 1 saturated heterocycles. The van der Waals surface area contributed by atoms with Gasteiger partial charge in [0.05, 0.1) is 22.2 Å². The highest BCUT2D eigenvalue weighted by Crippen LogP contribution is 2.29. The Hall–Kier alpha value is -3.07. The zero-order chi connectivity index (χ0) is 21.3. The number of aromatic amines is 1. The highest BCUT2D eigenvalue weighted by molar-refractivity contribution is 6.04. The number of halogens is 3. The number of carbonyl (C=O) groups is 1. The zero-order valence-electron chi connectivity index (χ0n) is 16.2. The third kappa shape index (κ3) is 4.25. The molecule has 2 aromatic carbocycles. The van der Waals surface area contributed by atoms with E-state index in [9.17, 15) is 18.0 Å². The lowest BCUT2D eigenvalue weighted by molar-refractivity contribution is -0.137. The Labute approximate surface area is 171 Å². The van der Waals surface area contributed by atoms with Gasteiger partial charge in [0.2, 0.25) is 5.95 Å². The largest absolute Gasteiger partial charge is 0.416 e. The van der Waals surface area contributed by atoms with Crippen molar-refractivity contribution in [3.8, 4) is 0 Å². The number of alkyl halides is 3. The Bertz CT molecular complexity index is 1040. The lowest BCUT2D eigenvalue weighted by atomic mass is 10.1. The molecule has 3 aromatic rings. The second kappa shape index (κ2) is 7.98. The summed E-state index contributed by atoms with van der Waals surface area (Å²) < 4.78 is 38.0. The van der Waals surface area contributed by atoms with Gasteiger partial charge in [0.1, 0.15) is 0 Å². The molecule has 4 rings (SSSR count). The number of fused-ring (bicyclic) bond motifs is 1. The number of benzene rings is 2. The first kappa shape index (κ1) is 20.2. The topological polar surface area (TPSA) is 78.2 Å². The summed E-state index contributed by atoms with van der Waals surface area (Å²) in [6.45, 7) is 3.95. The van der Waals surface area contributed by atoms with Crippen molar-refractivity contribution in [1.82, 2.24) is 14.9 Å². The molecule has 158 valence electrons. The third-order valence-electron chi connectivity index (χ3n) is 5.44. The van der Waals surface area contributed by atoms with Gasteiger partial charge in [-0.3, -0.25) is 9.69 Å². The van der Waals surface area contributed by atoms with E-state index in [1.165, 1.54) is 0 Å². The molecule has 6 nitrogen and oxygen atoms in total. The van der Waals surface area contributed by atoms with Gasteiger partial charge in [-0.05, 0) is 36.2 Å². The fourth-order valence-corrected chi connectivity index (χ4v) is 3.70. The molecule has 1 aromatic heterocycles. The summed E-state index contributed by atoms with van der Waals surface area (Å²) >= 11 is 0. The SMILES string of the molecule is NC(=O)c1cccc2nc(N3CCN(CCc4ccc(C(F)(F)F)cc4)CC3)[nH]c12. The summed E-state index contributed by atoms with van der Waals surface area (Å²) in [5, 5.41) is 0. The predicted octanol–water partition coefficient (Wildman–Crippen LogP) is 3.05. The van der Waals surface area contributed by atoms with E-state index in [-0.39, 0.29) is 0 Å². The van der Waals surface area contributed by atoms with Crippen molar-refractivity contribution in [2.24, 2.45) is 5.73 Å². The molecule has 0 aliphatic carbocycles. The van der Waals surface area contributed by atoms with Crippen LogP contribution < -0.4 is 10.6 Å². The first-order chi connectivity index (χ1) is 14.3. The van der Waals surface area contributed by atoms with Gasteiger partial charge in [-0.1, -0.05) is 18.2 Å². The number of aromatic nitrogens is 2. The standard InChI is InChI=1S/C21H22F3N5O/c22-21(23,24)15-6-4-14(5-7-15)8-9-28-10-12-29(13-11-28)20-26-17-3-1-2-16(19(25)30)18(17)27-20/h1-7H,8-13H2,(H2,25,30)(H,26,27). The van der Waals surface area contributed by atoms with Gasteiger partial charge in [-0.15, -0.1) is 0 Å². The summed E-state index contributed by atoms with van der Waals surface area (Å²) in [5.74, 6) is 0.213. The molecule has 0 saturated carbocycles. The summed E-state index contributed by atoms with van der Waals surface area (Å²) in [5.41, 5.74) is 7.47. The fraction of sp³-hybridized carbons (Fsp3) is 0.333. The van der Waals surface area contributed by atoms with E-state index in [2.05, 4.69) is 19.8 Å². The van der Waals surface area contributed by atoms with Crippen LogP contribution in [0.3, 0.4) is 0 Å². The number of nitrogens with two attached hydrogens (primary N) is 1. The smallest absolute Gasteiger partial charge is 0.366 e. The van der Waals surface area contributed by atoms with Gasteiger partial charge in [-0.25, -0.2) is 4.98 Å². The van der Waals surface area contributed by atoms with Crippen molar-refractivity contribution >= 4 is 22.9 Å². The van der Waals surface area contributed by atoms with E-state index >= 15 is 0 Å². The number of para-hydroxylation sites is 1. The van der Waals surface area contributed by atoms with Crippen LogP contribution in [0.1, 0.15) is 21.5 Å². The molecular formula is C21H22F3N5O. The van der Waals surface area contributed by atoms with E-state index in [1.807, 2.05) is 6.07 Å². The molecule has 9 heteroatoms. The predicted molar refractivity (Wildman–Crippen MR) is 108 cm³/mol. The molecule has 1 aliphatic rings. The van der Waals surface area contributed by atoms with Gasteiger partial charge < -0.3 is 15.6 Å². The van der Waals surface area contributed by atoms with E-state index in [0.29, 0.717) is 29.0 Å². The van der Waals surface area contributed by atoms with Crippen LogP contribution in [0.15, 0.2) is 42.5 Å².